The first kappa shape index (κ1) is 28.4. The molecule has 0 unspecified atom stereocenters. The minimum atomic E-state index is -2.88. The topological polar surface area (TPSA) is 55.4 Å². The summed E-state index contributed by atoms with van der Waals surface area (Å²) in [5.41, 5.74) is 0. The molecule has 6 nitrogen and oxygen atoms in total. The molecule has 0 spiro atoms. The molecule has 1 aliphatic rings. The van der Waals surface area contributed by atoms with Crippen LogP contribution in [-0.2, 0) is 26.6 Å². The minimum Gasteiger partial charge on any atom is -0.412 e. The van der Waals surface area contributed by atoms with Gasteiger partial charge in [-0.3, -0.25) is 0 Å². The average molecular weight is 481 g/mol. The standard InChI is InChI=1S/C21H48O6Si3/c1-13-22-16-28(19(4,5)6)25-29(17-23-14-2,20(7,8)9)27-30(26-28,18-24-15-3)21(10,11)12/h13-18H2,1-12H3. The highest BCUT2D eigenvalue weighted by Gasteiger charge is 2.72. The van der Waals surface area contributed by atoms with Gasteiger partial charge in [-0.2, -0.15) is 0 Å². The molecule has 0 radical (unpaired) electrons. The Bertz CT molecular complexity index is 454. The molecule has 0 aromatic heterocycles. The van der Waals surface area contributed by atoms with Gasteiger partial charge in [0.15, 0.2) is 0 Å². The number of rotatable bonds is 9. The van der Waals surface area contributed by atoms with Crippen LogP contribution in [0.15, 0.2) is 0 Å². The molecule has 0 amide bonds. The van der Waals surface area contributed by atoms with E-state index in [1.165, 1.54) is 0 Å². The Hall–Kier alpha value is 0.411. The summed E-state index contributed by atoms with van der Waals surface area (Å²) in [6, 6.07) is 0. The number of ether oxygens (including phenoxy) is 3. The predicted molar refractivity (Wildman–Crippen MR) is 129 cm³/mol. The molecule has 0 saturated carbocycles. The van der Waals surface area contributed by atoms with Gasteiger partial charge in [0.05, 0.1) is 18.7 Å². The van der Waals surface area contributed by atoms with Crippen molar-refractivity contribution in [2.75, 3.05) is 38.5 Å². The van der Waals surface area contributed by atoms with E-state index >= 15 is 0 Å². The summed E-state index contributed by atoms with van der Waals surface area (Å²) < 4.78 is 39.7. The van der Waals surface area contributed by atoms with Crippen LogP contribution in [0.25, 0.3) is 0 Å². The van der Waals surface area contributed by atoms with E-state index in [9.17, 15) is 0 Å². The molecule has 0 bridgehead atoms. The lowest BCUT2D eigenvalue weighted by atomic mass is 10.2. The van der Waals surface area contributed by atoms with Crippen LogP contribution in [0.2, 0.25) is 15.1 Å². The quantitative estimate of drug-likeness (QED) is 0.406. The Morgan fingerprint density at radius 1 is 0.467 bits per heavy atom. The molecule has 0 aromatic carbocycles. The zero-order valence-electron chi connectivity index (χ0n) is 21.7. The molecule has 30 heavy (non-hydrogen) atoms. The summed E-state index contributed by atoms with van der Waals surface area (Å²) in [5.74, 6) is 0. The Balaban J connectivity index is 3.79. The molecule has 0 aliphatic carbocycles. The molecule has 1 aliphatic heterocycles. The Morgan fingerprint density at radius 3 is 0.800 bits per heavy atom. The van der Waals surface area contributed by atoms with Crippen molar-refractivity contribution in [2.24, 2.45) is 0 Å². The second kappa shape index (κ2) is 10.1. The molecule has 1 heterocycles. The largest absolute Gasteiger partial charge is 0.412 e. The Kier molecular flexibility index (Phi) is 9.60. The van der Waals surface area contributed by atoms with Crippen LogP contribution in [0.5, 0.6) is 0 Å². The van der Waals surface area contributed by atoms with Gasteiger partial charge in [0.25, 0.3) is 0 Å². The van der Waals surface area contributed by atoms with Crippen LogP contribution in [0.4, 0.5) is 0 Å². The summed E-state index contributed by atoms with van der Waals surface area (Å²) in [7, 11) is -8.64. The van der Waals surface area contributed by atoms with Crippen molar-refractivity contribution in [3.05, 3.63) is 0 Å². The summed E-state index contributed by atoms with van der Waals surface area (Å²) in [5, 5.41) is -0.591. The third-order valence-electron chi connectivity index (χ3n) is 5.91. The van der Waals surface area contributed by atoms with Crippen molar-refractivity contribution in [1.82, 2.24) is 0 Å². The SMILES string of the molecule is CCOC[Si]1(C(C)(C)C)O[Si](COCC)(C(C)(C)C)O[Si](COCC)(C(C)(C)C)O1. The fourth-order valence-corrected chi connectivity index (χ4v) is 22.8. The Labute approximate surface area is 189 Å². The lowest BCUT2D eigenvalue weighted by Gasteiger charge is -2.62. The molecular formula is C21H48O6Si3. The number of hydrogen-bond donors (Lipinski definition) is 0. The summed E-state index contributed by atoms with van der Waals surface area (Å²) in [4.78, 5) is 0. The van der Waals surface area contributed by atoms with E-state index in [0.717, 1.165) is 0 Å². The van der Waals surface area contributed by atoms with Gasteiger partial charge in [-0.05, 0) is 20.8 Å². The highest BCUT2D eigenvalue weighted by atomic mass is 28.5. The van der Waals surface area contributed by atoms with Crippen LogP contribution in [-0.4, -0.2) is 64.2 Å². The maximum atomic E-state index is 7.19. The van der Waals surface area contributed by atoms with Gasteiger partial charge in [0.1, 0.15) is 0 Å². The van der Waals surface area contributed by atoms with E-state index in [1.54, 1.807) is 0 Å². The minimum absolute atomic E-state index is 0.197. The van der Waals surface area contributed by atoms with Crippen molar-refractivity contribution in [1.29, 1.82) is 0 Å². The van der Waals surface area contributed by atoms with Crippen LogP contribution < -0.4 is 0 Å². The first-order chi connectivity index (χ1) is 13.6. The van der Waals surface area contributed by atoms with Gasteiger partial charge >= 0.3 is 25.7 Å². The number of hydrogen-bond acceptors (Lipinski definition) is 6. The fourth-order valence-electron chi connectivity index (χ4n) is 3.32. The van der Waals surface area contributed by atoms with E-state index in [4.69, 9.17) is 26.6 Å². The normalized spacial score (nSPS) is 31.2. The first-order valence-corrected chi connectivity index (χ1v) is 17.5. The van der Waals surface area contributed by atoms with Crippen LogP contribution in [0.3, 0.4) is 0 Å². The zero-order valence-corrected chi connectivity index (χ0v) is 24.7. The van der Waals surface area contributed by atoms with Gasteiger partial charge in [-0.1, -0.05) is 62.3 Å². The molecule has 0 N–H and O–H groups in total. The maximum Gasteiger partial charge on any atom is 0.352 e. The van der Waals surface area contributed by atoms with Gasteiger partial charge in [0.2, 0.25) is 0 Å². The van der Waals surface area contributed by atoms with E-state index in [1.807, 2.05) is 20.8 Å². The van der Waals surface area contributed by atoms with Crippen LogP contribution >= 0.6 is 0 Å². The lowest BCUT2D eigenvalue weighted by molar-refractivity contribution is 0.0676. The fraction of sp³-hybridized carbons (Fsp3) is 1.00. The molecule has 9 heteroatoms. The van der Waals surface area contributed by atoms with Crippen LogP contribution in [0.1, 0.15) is 83.1 Å². The average Bonchev–Trinajstić information content (AvgIpc) is 2.60. The van der Waals surface area contributed by atoms with Crippen molar-refractivity contribution in [3.8, 4) is 0 Å². The van der Waals surface area contributed by atoms with Gasteiger partial charge in [-0.25, -0.2) is 0 Å². The van der Waals surface area contributed by atoms with Crippen molar-refractivity contribution < 1.29 is 26.6 Å². The second-order valence-corrected chi connectivity index (χ2v) is 23.6. The first-order valence-electron chi connectivity index (χ1n) is 11.4. The van der Waals surface area contributed by atoms with E-state index < -0.39 is 25.7 Å². The van der Waals surface area contributed by atoms with Crippen molar-refractivity contribution in [2.45, 2.75) is 98.2 Å². The van der Waals surface area contributed by atoms with E-state index in [-0.39, 0.29) is 15.1 Å². The van der Waals surface area contributed by atoms with Gasteiger partial charge < -0.3 is 26.6 Å². The molecule has 0 aromatic rings. The molecular weight excluding hydrogens is 432 g/mol. The van der Waals surface area contributed by atoms with Crippen molar-refractivity contribution >= 4 is 25.7 Å². The second-order valence-electron chi connectivity index (χ2n) is 11.2. The highest BCUT2D eigenvalue weighted by Crippen LogP contribution is 2.55. The highest BCUT2D eigenvalue weighted by molar-refractivity contribution is 6.97. The van der Waals surface area contributed by atoms with E-state index in [0.29, 0.717) is 38.5 Å². The third kappa shape index (κ3) is 5.85. The molecule has 0 atom stereocenters. The predicted octanol–water partition coefficient (Wildman–Crippen LogP) is 5.50. The lowest BCUT2D eigenvalue weighted by Crippen LogP contribution is -2.80. The third-order valence-corrected chi connectivity index (χ3v) is 22.4. The summed E-state index contributed by atoms with van der Waals surface area (Å²) >= 11 is 0. The van der Waals surface area contributed by atoms with Crippen LogP contribution in [0, 0.1) is 0 Å². The summed E-state index contributed by atoms with van der Waals surface area (Å²) in [6.45, 7) is 27.9. The zero-order chi connectivity index (χ0) is 23.5. The molecule has 1 fully saturated rings. The van der Waals surface area contributed by atoms with E-state index in [2.05, 4.69) is 62.3 Å². The Morgan fingerprint density at radius 2 is 0.667 bits per heavy atom. The van der Waals surface area contributed by atoms with Crippen molar-refractivity contribution in [3.63, 3.8) is 0 Å². The summed E-state index contributed by atoms with van der Waals surface area (Å²) in [6.07, 6.45) is 1.47. The molecule has 1 rings (SSSR count). The van der Waals surface area contributed by atoms with Gasteiger partial charge in [0, 0.05) is 34.9 Å². The monoisotopic (exact) mass is 480 g/mol. The molecule has 180 valence electrons. The molecule has 1 saturated heterocycles. The van der Waals surface area contributed by atoms with Gasteiger partial charge in [-0.15, -0.1) is 0 Å². The maximum absolute atomic E-state index is 7.19. The smallest absolute Gasteiger partial charge is 0.352 e.